The van der Waals surface area contributed by atoms with Gasteiger partial charge in [-0.15, -0.1) is 0 Å². The van der Waals surface area contributed by atoms with Crippen LogP contribution in [0.4, 0.5) is 0 Å². The van der Waals surface area contributed by atoms with E-state index in [1.165, 1.54) is 5.56 Å². The van der Waals surface area contributed by atoms with Crippen molar-refractivity contribution in [3.05, 3.63) is 64.1 Å². The van der Waals surface area contributed by atoms with Gasteiger partial charge in [0.1, 0.15) is 11.6 Å². The lowest BCUT2D eigenvalue weighted by Crippen LogP contribution is -2.31. The van der Waals surface area contributed by atoms with Crippen LogP contribution in [0.3, 0.4) is 0 Å². The Bertz CT molecular complexity index is 844. The van der Waals surface area contributed by atoms with Crippen LogP contribution in [0.1, 0.15) is 48.2 Å². The molecule has 0 bridgehead atoms. The van der Waals surface area contributed by atoms with Crippen LogP contribution in [0.5, 0.6) is 0 Å². The number of pyridine rings is 1. The Morgan fingerprint density at radius 3 is 2.81 bits per heavy atom. The molecule has 0 aliphatic rings. The summed E-state index contributed by atoms with van der Waals surface area (Å²) in [5.74, 6) is 1.54. The molecule has 0 saturated carbocycles. The lowest BCUT2D eigenvalue weighted by atomic mass is 10.0. The predicted octanol–water partition coefficient (Wildman–Crippen LogP) is 3.40. The van der Waals surface area contributed by atoms with Crippen molar-refractivity contribution in [1.29, 1.82) is 0 Å². The summed E-state index contributed by atoms with van der Waals surface area (Å²) in [7, 11) is 0. The number of aryl methyl sites for hydroxylation is 2. The van der Waals surface area contributed by atoms with Gasteiger partial charge in [-0.1, -0.05) is 6.07 Å². The topological polar surface area (TPSA) is 72.7 Å². The first-order valence-electron chi connectivity index (χ1n) is 8.63. The third-order valence-corrected chi connectivity index (χ3v) is 4.98. The highest BCUT2D eigenvalue weighted by Gasteiger charge is 2.19. The van der Waals surface area contributed by atoms with Crippen molar-refractivity contribution < 1.29 is 4.79 Å². The molecular formula is C19H23N5OS. The SMILES string of the molecule is Cc1nc(C)n([C@@H](C)CC(=O)N[C@@H](Cc2ccsc2)c2cccnc2)n1. The van der Waals surface area contributed by atoms with Gasteiger partial charge in [0.15, 0.2) is 0 Å². The van der Waals surface area contributed by atoms with Crippen molar-refractivity contribution in [3.8, 4) is 0 Å². The third kappa shape index (κ3) is 4.54. The van der Waals surface area contributed by atoms with Crippen molar-refractivity contribution in [1.82, 2.24) is 25.1 Å². The summed E-state index contributed by atoms with van der Waals surface area (Å²) < 4.78 is 1.81. The molecule has 0 saturated heterocycles. The highest BCUT2D eigenvalue weighted by Crippen LogP contribution is 2.20. The Morgan fingerprint density at radius 2 is 2.19 bits per heavy atom. The quantitative estimate of drug-likeness (QED) is 0.693. The van der Waals surface area contributed by atoms with Gasteiger partial charge in [-0.05, 0) is 61.2 Å². The molecule has 0 aliphatic carbocycles. The normalized spacial score (nSPS) is 13.3. The van der Waals surface area contributed by atoms with Gasteiger partial charge in [0.05, 0.1) is 12.1 Å². The van der Waals surface area contributed by atoms with Gasteiger partial charge in [0.25, 0.3) is 0 Å². The Labute approximate surface area is 157 Å². The number of carbonyl (C=O) groups is 1. The summed E-state index contributed by atoms with van der Waals surface area (Å²) in [4.78, 5) is 21.2. The number of hydrogen-bond donors (Lipinski definition) is 1. The molecule has 1 N–H and O–H groups in total. The molecule has 0 aromatic carbocycles. The predicted molar refractivity (Wildman–Crippen MR) is 102 cm³/mol. The summed E-state index contributed by atoms with van der Waals surface area (Å²) in [5, 5.41) is 11.7. The standard InChI is InChI=1S/C19H23N5OS/c1-13(24-15(3)21-14(2)23-24)9-19(25)22-18(10-16-6-8-26-12-16)17-5-4-7-20-11-17/h4-8,11-13,18H,9-10H2,1-3H3,(H,22,25)/t13-,18-/m0/s1. The van der Waals surface area contributed by atoms with Crippen LogP contribution in [0, 0.1) is 13.8 Å². The smallest absolute Gasteiger partial charge is 0.222 e. The Balaban J connectivity index is 1.69. The Hall–Kier alpha value is -2.54. The molecule has 3 aromatic rings. The second-order valence-electron chi connectivity index (χ2n) is 6.45. The van der Waals surface area contributed by atoms with Crippen LogP contribution in [-0.2, 0) is 11.2 Å². The molecule has 0 aliphatic heterocycles. The van der Waals surface area contributed by atoms with E-state index in [1.54, 1.807) is 17.5 Å². The minimum Gasteiger partial charge on any atom is -0.349 e. The zero-order chi connectivity index (χ0) is 18.5. The molecule has 3 aromatic heterocycles. The van der Waals surface area contributed by atoms with E-state index in [-0.39, 0.29) is 18.0 Å². The molecule has 136 valence electrons. The van der Waals surface area contributed by atoms with Crippen molar-refractivity contribution in [2.24, 2.45) is 0 Å². The second-order valence-corrected chi connectivity index (χ2v) is 7.23. The minimum absolute atomic E-state index is 0.00543. The number of nitrogens with one attached hydrogen (secondary N) is 1. The maximum absolute atomic E-state index is 12.7. The summed E-state index contributed by atoms with van der Waals surface area (Å²) >= 11 is 1.66. The van der Waals surface area contributed by atoms with E-state index in [0.29, 0.717) is 6.42 Å². The lowest BCUT2D eigenvalue weighted by molar-refractivity contribution is -0.122. The number of nitrogens with zero attached hydrogens (tertiary/aromatic N) is 4. The van der Waals surface area contributed by atoms with Crippen LogP contribution >= 0.6 is 11.3 Å². The zero-order valence-electron chi connectivity index (χ0n) is 15.2. The molecule has 6 nitrogen and oxygen atoms in total. The Kier molecular flexibility index (Phi) is 5.78. The summed E-state index contributed by atoms with van der Waals surface area (Å²) in [5.41, 5.74) is 2.22. The van der Waals surface area contributed by atoms with Crippen molar-refractivity contribution >= 4 is 17.2 Å². The second kappa shape index (κ2) is 8.23. The van der Waals surface area contributed by atoms with E-state index in [0.717, 1.165) is 23.6 Å². The van der Waals surface area contributed by atoms with E-state index in [1.807, 2.05) is 43.8 Å². The maximum Gasteiger partial charge on any atom is 0.222 e. The summed E-state index contributed by atoms with van der Waals surface area (Å²) in [6.45, 7) is 5.75. The van der Waals surface area contributed by atoms with Gasteiger partial charge in [-0.25, -0.2) is 9.67 Å². The molecule has 26 heavy (non-hydrogen) atoms. The number of amides is 1. The van der Waals surface area contributed by atoms with Gasteiger partial charge in [-0.3, -0.25) is 9.78 Å². The maximum atomic E-state index is 12.7. The number of aromatic nitrogens is 4. The van der Waals surface area contributed by atoms with Gasteiger partial charge in [0, 0.05) is 18.8 Å². The van der Waals surface area contributed by atoms with Crippen molar-refractivity contribution in [2.75, 3.05) is 0 Å². The molecule has 2 atom stereocenters. The fourth-order valence-corrected chi connectivity index (χ4v) is 3.72. The number of hydrogen-bond acceptors (Lipinski definition) is 5. The average molecular weight is 369 g/mol. The van der Waals surface area contributed by atoms with Gasteiger partial charge >= 0.3 is 0 Å². The average Bonchev–Trinajstić information content (AvgIpc) is 3.24. The van der Waals surface area contributed by atoms with Crippen LogP contribution < -0.4 is 5.32 Å². The van der Waals surface area contributed by atoms with E-state index in [4.69, 9.17) is 0 Å². The molecule has 1 amide bonds. The van der Waals surface area contributed by atoms with E-state index in [2.05, 4.69) is 37.2 Å². The van der Waals surface area contributed by atoms with Gasteiger partial charge in [0.2, 0.25) is 5.91 Å². The molecule has 0 spiro atoms. The molecule has 7 heteroatoms. The van der Waals surface area contributed by atoms with E-state index >= 15 is 0 Å². The van der Waals surface area contributed by atoms with E-state index in [9.17, 15) is 4.79 Å². The fraction of sp³-hybridized carbons (Fsp3) is 0.368. The number of rotatable bonds is 7. The van der Waals surface area contributed by atoms with Crippen molar-refractivity contribution in [2.45, 2.75) is 45.7 Å². The molecule has 0 fully saturated rings. The monoisotopic (exact) mass is 369 g/mol. The third-order valence-electron chi connectivity index (χ3n) is 4.25. The first-order chi connectivity index (χ1) is 12.5. The molecule has 0 radical (unpaired) electrons. The fourth-order valence-electron chi connectivity index (χ4n) is 3.04. The largest absolute Gasteiger partial charge is 0.349 e. The molecule has 0 unspecified atom stereocenters. The van der Waals surface area contributed by atoms with Crippen LogP contribution in [-0.4, -0.2) is 25.7 Å². The Morgan fingerprint density at radius 1 is 1.35 bits per heavy atom. The highest BCUT2D eigenvalue weighted by atomic mass is 32.1. The van der Waals surface area contributed by atoms with Gasteiger partial charge in [-0.2, -0.15) is 16.4 Å². The van der Waals surface area contributed by atoms with Crippen LogP contribution in [0.2, 0.25) is 0 Å². The van der Waals surface area contributed by atoms with Crippen molar-refractivity contribution in [3.63, 3.8) is 0 Å². The first-order valence-corrected chi connectivity index (χ1v) is 9.57. The van der Waals surface area contributed by atoms with Crippen LogP contribution in [0.15, 0.2) is 41.4 Å². The lowest BCUT2D eigenvalue weighted by Gasteiger charge is -2.20. The minimum atomic E-state index is -0.100. The van der Waals surface area contributed by atoms with E-state index < -0.39 is 0 Å². The first kappa shape index (κ1) is 18.3. The molecular weight excluding hydrogens is 346 g/mol. The highest BCUT2D eigenvalue weighted by molar-refractivity contribution is 7.07. The number of carbonyl (C=O) groups excluding carboxylic acids is 1. The van der Waals surface area contributed by atoms with Gasteiger partial charge < -0.3 is 5.32 Å². The summed E-state index contributed by atoms with van der Waals surface area (Å²) in [6, 6.07) is 5.83. The molecule has 3 rings (SSSR count). The zero-order valence-corrected chi connectivity index (χ0v) is 16.0. The van der Waals surface area contributed by atoms with Crippen LogP contribution in [0.25, 0.3) is 0 Å². The number of thiophene rings is 1. The molecule has 3 heterocycles. The summed E-state index contributed by atoms with van der Waals surface area (Å²) in [6.07, 6.45) is 4.65.